The van der Waals surface area contributed by atoms with Crippen LogP contribution in [0, 0.1) is 0 Å². The molecule has 0 radical (unpaired) electrons. The van der Waals surface area contributed by atoms with Gasteiger partial charge in [-0.15, -0.1) is 0 Å². The molecular weight excluding hydrogens is 368 g/mol. The van der Waals surface area contributed by atoms with Crippen LogP contribution in [0.15, 0.2) is 53.3 Å². The number of methoxy groups -OCH3 is 1. The predicted molar refractivity (Wildman–Crippen MR) is 111 cm³/mol. The highest BCUT2D eigenvalue weighted by atomic mass is 16.5. The lowest BCUT2D eigenvalue weighted by molar-refractivity contribution is 0.0933. The highest BCUT2D eigenvalue weighted by molar-refractivity contribution is 6.04. The van der Waals surface area contributed by atoms with Crippen molar-refractivity contribution in [1.29, 1.82) is 0 Å². The number of hydrogen-bond donors (Lipinski definition) is 2. The first kappa shape index (κ1) is 19.1. The number of nitrogens with zero attached hydrogens (tertiary/aromatic N) is 2. The van der Waals surface area contributed by atoms with Crippen LogP contribution in [0.1, 0.15) is 34.9 Å². The molecular formula is C22H24N4O3. The Kier molecular flexibility index (Phi) is 5.57. The molecule has 1 unspecified atom stereocenters. The van der Waals surface area contributed by atoms with Crippen LogP contribution >= 0.6 is 0 Å². The van der Waals surface area contributed by atoms with E-state index in [0.717, 1.165) is 37.2 Å². The van der Waals surface area contributed by atoms with Crippen molar-refractivity contribution in [3.63, 3.8) is 0 Å². The lowest BCUT2D eigenvalue weighted by atomic mass is 10.0. The van der Waals surface area contributed by atoms with Crippen molar-refractivity contribution in [2.45, 2.75) is 18.9 Å². The van der Waals surface area contributed by atoms with Gasteiger partial charge in [0.2, 0.25) is 0 Å². The number of fused-ring (bicyclic) bond motifs is 1. The maximum atomic E-state index is 12.9. The van der Waals surface area contributed by atoms with Crippen LogP contribution in [0.4, 0.5) is 0 Å². The smallest absolute Gasteiger partial charge is 0.272 e. The second-order valence-corrected chi connectivity index (χ2v) is 7.19. The topological polar surface area (TPSA) is 87.3 Å². The summed E-state index contributed by atoms with van der Waals surface area (Å²) < 4.78 is 5.26. The Morgan fingerprint density at radius 1 is 1.14 bits per heavy atom. The Morgan fingerprint density at radius 3 is 2.52 bits per heavy atom. The Hall–Kier alpha value is -3.19. The molecule has 0 spiro atoms. The molecule has 0 bridgehead atoms. The van der Waals surface area contributed by atoms with Gasteiger partial charge in [0.15, 0.2) is 5.69 Å². The van der Waals surface area contributed by atoms with E-state index in [0.29, 0.717) is 17.3 Å². The fourth-order valence-corrected chi connectivity index (χ4v) is 3.90. The number of nitrogens with one attached hydrogen (secondary N) is 2. The van der Waals surface area contributed by atoms with Gasteiger partial charge in [-0.05, 0) is 49.7 Å². The minimum Gasteiger partial charge on any atom is -0.497 e. The molecule has 1 saturated heterocycles. The maximum absolute atomic E-state index is 12.9. The zero-order valence-electron chi connectivity index (χ0n) is 16.4. The molecule has 7 heteroatoms. The molecule has 0 saturated carbocycles. The summed E-state index contributed by atoms with van der Waals surface area (Å²) in [4.78, 5) is 27.2. The standard InChI is InChI=1S/C22H24N4O3/c1-29-16-10-8-15(9-11-16)19(26-12-4-5-13-26)14-23-22(28)20-17-6-2-3-7-18(17)21(27)25-24-20/h2-3,6-11,19H,4-5,12-14H2,1H3,(H,23,28)(H,25,27). The van der Waals surface area contributed by atoms with Gasteiger partial charge in [-0.3, -0.25) is 14.5 Å². The third-order valence-corrected chi connectivity index (χ3v) is 5.45. The number of benzene rings is 2. The zero-order valence-corrected chi connectivity index (χ0v) is 16.4. The summed E-state index contributed by atoms with van der Waals surface area (Å²) in [5.41, 5.74) is 1.06. The molecule has 29 heavy (non-hydrogen) atoms. The number of carbonyl (C=O) groups excluding carboxylic acids is 1. The molecule has 2 heterocycles. The molecule has 1 atom stereocenters. The van der Waals surface area contributed by atoms with E-state index >= 15 is 0 Å². The highest BCUT2D eigenvalue weighted by Gasteiger charge is 2.25. The SMILES string of the molecule is COc1ccc(C(CNC(=O)c2n[nH]c(=O)c3ccccc23)N2CCCC2)cc1. The van der Waals surface area contributed by atoms with Crippen LogP contribution in [0.5, 0.6) is 5.75 Å². The van der Waals surface area contributed by atoms with Gasteiger partial charge in [-0.2, -0.15) is 5.10 Å². The van der Waals surface area contributed by atoms with Crippen molar-refractivity contribution < 1.29 is 9.53 Å². The molecule has 4 rings (SSSR count). The van der Waals surface area contributed by atoms with E-state index in [-0.39, 0.29) is 23.2 Å². The Morgan fingerprint density at radius 2 is 1.83 bits per heavy atom. The first-order valence-corrected chi connectivity index (χ1v) is 9.81. The minimum absolute atomic E-state index is 0.0707. The summed E-state index contributed by atoms with van der Waals surface area (Å²) in [5, 5.41) is 10.4. The van der Waals surface area contributed by atoms with Crippen molar-refractivity contribution >= 4 is 16.7 Å². The van der Waals surface area contributed by atoms with Gasteiger partial charge in [-0.25, -0.2) is 5.10 Å². The van der Waals surface area contributed by atoms with E-state index in [2.05, 4.69) is 20.4 Å². The average Bonchev–Trinajstić information content (AvgIpc) is 3.29. The summed E-state index contributed by atoms with van der Waals surface area (Å²) >= 11 is 0. The van der Waals surface area contributed by atoms with Crippen molar-refractivity contribution in [3.8, 4) is 5.75 Å². The summed E-state index contributed by atoms with van der Waals surface area (Å²) in [7, 11) is 1.65. The number of aromatic amines is 1. The Labute approximate surface area is 168 Å². The number of H-pyrrole nitrogens is 1. The monoisotopic (exact) mass is 392 g/mol. The van der Waals surface area contributed by atoms with Gasteiger partial charge in [0, 0.05) is 11.9 Å². The molecule has 1 aliphatic rings. The first-order chi connectivity index (χ1) is 14.2. The number of hydrogen-bond acceptors (Lipinski definition) is 5. The lowest BCUT2D eigenvalue weighted by Gasteiger charge is -2.28. The summed E-state index contributed by atoms with van der Waals surface area (Å²) in [6.45, 7) is 2.47. The molecule has 7 nitrogen and oxygen atoms in total. The van der Waals surface area contributed by atoms with E-state index in [9.17, 15) is 9.59 Å². The van der Waals surface area contributed by atoms with Crippen molar-refractivity contribution in [2.24, 2.45) is 0 Å². The van der Waals surface area contributed by atoms with E-state index in [1.54, 1.807) is 31.4 Å². The summed E-state index contributed by atoms with van der Waals surface area (Å²) in [5.74, 6) is 0.511. The number of amides is 1. The minimum atomic E-state index is -0.301. The fraction of sp³-hybridized carbons (Fsp3) is 0.318. The molecule has 1 fully saturated rings. The second kappa shape index (κ2) is 8.45. The molecule has 1 amide bonds. The van der Waals surface area contributed by atoms with Gasteiger partial charge in [0.1, 0.15) is 5.75 Å². The zero-order chi connectivity index (χ0) is 20.2. The second-order valence-electron chi connectivity index (χ2n) is 7.19. The van der Waals surface area contributed by atoms with E-state index < -0.39 is 0 Å². The van der Waals surface area contributed by atoms with Crippen LogP contribution in [-0.2, 0) is 0 Å². The fourth-order valence-electron chi connectivity index (χ4n) is 3.90. The van der Waals surface area contributed by atoms with Gasteiger partial charge in [0.25, 0.3) is 11.5 Å². The molecule has 150 valence electrons. The van der Waals surface area contributed by atoms with E-state index in [4.69, 9.17) is 4.74 Å². The molecule has 1 aliphatic heterocycles. The van der Waals surface area contributed by atoms with E-state index in [1.165, 1.54) is 0 Å². The van der Waals surface area contributed by atoms with Gasteiger partial charge in [0.05, 0.1) is 18.5 Å². The summed E-state index contributed by atoms with van der Waals surface area (Å²) in [6, 6.07) is 15.0. The van der Waals surface area contributed by atoms with Crippen molar-refractivity contribution in [3.05, 3.63) is 70.1 Å². The van der Waals surface area contributed by atoms with Gasteiger partial charge < -0.3 is 10.1 Å². The van der Waals surface area contributed by atoms with Crippen LogP contribution in [0.2, 0.25) is 0 Å². The van der Waals surface area contributed by atoms with Crippen LogP contribution in [0.25, 0.3) is 10.8 Å². The number of likely N-dealkylation sites (tertiary alicyclic amines) is 1. The normalized spacial score (nSPS) is 15.3. The maximum Gasteiger partial charge on any atom is 0.272 e. The van der Waals surface area contributed by atoms with Crippen LogP contribution < -0.4 is 15.6 Å². The average molecular weight is 392 g/mol. The van der Waals surface area contributed by atoms with Crippen LogP contribution in [0.3, 0.4) is 0 Å². The Bertz CT molecular complexity index is 1060. The third-order valence-electron chi connectivity index (χ3n) is 5.45. The summed E-state index contributed by atoms with van der Waals surface area (Å²) in [6.07, 6.45) is 2.32. The molecule has 2 N–H and O–H groups in total. The number of aromatic nitrogens is 2. The molecule has 2 aromatic carbocycles. The molecule has 0 aliphatic carbocycles. The van der Waals surface area contributed by atoms with Crippen molar-refractivity contribution in [1.82, 2.24) is 20.4 Å². The highest BCUT2D eigenvalue weighted by Crippen LogP contribution is 2.26. The van der Waals surface area contributed by atoms with Crippen LogP contribution in [-0.4, -0.2) is 47.7 Å². The first-order valence-electron chi connectivity index (χ1n) is 9.81. The van der Waals surface area contributed by atoms with Gasteiger partial charge >= 0.3 is 0 Å². The number of rotatable bonds is 6. The molecule has 3 aromatic rings. The lowest BCUT2D eigenvalue weighted by Crippen LogP contribution is -2.37. The Balaban J connectivity index is 1.56. The predicted octanol–water partition coefficient (Wildman–Crippen LogP) is 2.50. The number of ether oxygens (including phenoxy) is 1. The number of carbonyl (C=O) groups is 1. The third kappa shape index (κ3) is 4.00. The van der Waals surface area contributed by atoms with E-state index in [1.807, 2.05) is 24.3 Å². The van der Waals surface area contributed by atoms with Gasteiger partial charge in [-0.1, -0.05) is 30.3 Å². The molecule has 1 aromatic heterocycles. The quantitative estimate of drug-likeness (QED) is 0.673. The van der Waals surface area contributed by atoms with Crippen molar-refractivity contribution in [2.75, 3.05) is 26.7 Å². The largest absolute Gasteiger partial charge is 0.497 e.